The molecule has 2 rings (SSSR count). The van der Waals surface area contributed by atoms with Gasteiger partial charge >= 0.3 is 5.97 Å². The van der Waals surface area contributed by atoms with Crippen LogP contribution < -0.4 is 10.6 Å². The highest BCUT2D eigenvalue weighted by Gasteiger charge is 2.56. The minimum absolute atomic E-state index is 0.628. The molecule has 3 unspecified atom stereocenters. The molecule has 35 heavy (non-hydrogen) atoms. The van der Waals surface area contributed by atoms with E-state index in [1.807, 2.05) is 0 Å². The zero-order valence-corrected chi connectivity index (χ0v) is 18.9. The van der Waals surface area contributed by atoms with Crippen molar-refractivity contribution in [2.45, 2.75) is 87.2 Å². The summed E-state index contributed by atoms with van der Waals surface area (Å²) in [4.78, 5) is 34.9. The fourth-order valence-electron chi connectivity index (χ4n) is 3.97. The predicted molar refractivity (Wildman–Crippen MR) is 109 cm³/mol. The normalized spacial score (nSPS) is 39.3. The fraction of sp³-hybridized carbons (Fsp3) is 0.842. The molecule has 11 atom stereocenters. The lowest BCUT2D eigenvalue weighted by Gasteiger charge is -2.47. The van der Waals surface area contributed by atoms with E-state index >= 15 is 0 Å². The zero-order chi connectivity index (χ0) is 26.7. The van der Waals surface area contributed by atoms with E-state index in [4.69, 9.17) is 19.3 Å². The van der Waals surface area contributed by atoms with Gasteiger partial charge < -0.3 is 65.7 Å². The Morgan fingerprint density at radius 3 is 2.11 bits per heavy atom. The number of ether oxygens (including phenoxy) is 3. The van der Waals surface area contributed by atoms with Gasteiger partial charge in [-0.1, -0.05) is 0 Å². The van der Waals surface area contributed by atoms with Crippen molar-refractivity contribution in [2.75, 3.05) is 13.2 Å². The monoisotopic (exact) mass is 512 g/mol. The molecule has 10 N–H and O–H groups in total. The number of hydrogen-bond donors (Lipinski definition) is 10. The summed E-state index contributed by atoms with van der Waals surface area (Å²) < 4.78 is 15.9. The topological polar surface area (TPSA) is 265 Å². The molecular formula is C19H32N2O14. The number of amides is 2. The van der Waals surface area contributed by atoms with Crippen LogP contribution in [0.25, 0.3) is 0 Å². The maximum Gasteiger partial charge on any atom is 0.364 e. The Hall–Kier alpha value is -1.99. The molecule has 0 radical (unpaired) electrons. The third kappa shape index (κ3) is 6.62. The maximum atomic E-state index is 12.1. The van der Waals surface area contributed by atoms with Gasteiger partial charge in [0.05, 0.1) is 25.4 Å². The van der Waals surface area contributed by atoms with Crippen LogP contribution in [0, 0.1) is 0 Å². The van der Waals surface area contributed by atoms with E-state index < -0.39 is 104 Å². The van der Waals surface area contributed by atoms with Gasteiger partial charge in [-0.25, -0.2) is 4.79 Å². The van der Waals surface area contributed by atoms with Crippen molar-refractivity contribution in [1.29, 1.82) is 0 Å². The molecule has 202 valence electrons. The zero-order valence-electron chi connectivity index (χ0n) is 18.9. The van der Waals surface area contributed by atoms with E-state index in [9.17, 15) is 50.1 Å². The number of hydrogen-bond acceptors (Lipinski definition) is 13. The van der Waals surface area contributed by atoms with Crippen LogP contribution in [0.1, 0.15) is 20.3 Å². The molecule has 16 heteroatoms. The van der Waals surface area contributed by atoms with Gasteiger partial charge in [0.1, 0.15) is 42.7 Å². The average Bonchev–Trinajstić information content (AvgIpc) is 2.78. The van der Waals surface area contributed by atoms with Crippen LogP contribution in [-0.2, 0) is 28.6 Å². The Labute approximate surface area is 199 Å². The van der Waals surface area contributed by atoms with Crippen molar-refractivity contribution < 1.29 is 69.4 Å². The molecular weight excluding hydrogens is 480 g/mol. The van der Waals surface area contributed by atoms with E-state index in [0.29, 0.717) is 0 Å². The summed E-state index contributed by atoms with van der Waals surface area (Å²) in [5.74, 6) is -5.80. The van der Waals surface area contributed by atoms with E-state index in [1.165, 1.54) is 0 Å². The second-order valence-corrected chi connectivity index (χ2v) is 8.46. The number of carbonyl (C=O) groups excluding carboxylic acids is 2. The van der Waals surface area contributed by atoms with Gasteiger partial charge in [0.2, 0.25) is 11.8 Å². The van der Waals surface area contributed by atoms with E-state index in [0.717, 1.165) is 13.8 Å². The Morgan fingerprint density at radius 2 is 1.60 bits per heavy atom. The molecule has 2 aliphatic heterocycles. The van der Waals surface area contributed by atoms with Crippen LogP contribution in [0.2, 0.25) is 0 Å². The second kappa shape index (κ2) is 11.8. The van der Waals surface area contributed by atoms with Crippen molar-refractivity contribution >= 4 is 17.8 Å². The standard InChI is InChI=1S/C19H32N2O14/c1-6(23)20-11-8(25)3-19(18(31)32,35-16(11)13(27)9(26)4-22)33-5-10-14(28)15(29)12(17(30)34-10)21-7(2)24/h8-17,22,25-30H,3-5H2,1-2H3,(H,20,23)(H,21,24)(H,31,32)/t8-,9-,10?,11-,12+,13-,14+,15?,16?,17+,19-/m1/s1. The Bertz CT molecular complexity index is 770. The van der Waals surface area contributed by atoms with Crippen LogP contribution in [0.4, 0.5) is 0 Å². The Morgan fingerprint density at radius 1 is 1.03 bits per heavy atom. The number of nitrogens with one attached hydrogen (secondary N) is 2. The number of carboxylic acid groups (broad SMARTS) is 1. The number of aliphatic hydroxyl groups is 7. The van der Waals surface area contributed by atoms with Gasteiger partial charge in [-0.15, -0.1) is 0 Å². The van der Waals surface area contributed by atoms with Crippen LogP contribution in [0.15, 0.2) is 0 Å². The van der Waals surface area contributed by atoms with Crippen molar-refractivity contribution in [3.8, 4) is 0 Å². The van der Waals surface area contributed by atoms with Crippen molar-refractivity contribution in [1.82, 2.24) is 10.6 Å². The quantitative estimate of drug-likeness (QED) is 0.138. The third-order valence-electron chi connectivity index (χ3n) is 5.76. The summed E-state index contributed by atoms with van der Waals surface area (Å²) in [5.41, 5.74) is 0. The summed E-state index contributed by atoms with van der Waals surface area (Å²) in [5, 5.41) is 84.9. The Balaban J connectivity index is 2.25. The van der Waals surface area contributed by atoms with E-state index in [2.05, 4.69) is 10.6 Å². The summed E-state index contributed by atoms with van der Waals surface area (Å²) in [7, 11) is 0. The van der Waals surface area contributed by atoms with Gasteiger partial charge in [-0.05, 0) is 0 Å². The van der Waals surface area contributed by atoms with Crippen LogP contribution in [0.3, 0.4) is 0 Å². The van der Waals surface area contributed by atoms with Gasteiger partial charge in [-0.2, -0.15) is 0 Å². The van der Waals surface area contributed by atoms with E-state index in [-0.39, 0.29) is 0 Å². The number of aliphatic hydroxyl groups excluding tert-OH is 7. The molecule has 0 saturated carbocycles. The average molecular weight is 512 g/mol. The minimum Gasteiger partial charge on any atom is -0.477 e. The minimum atomic E-state index is -2.71. The number of carbonyl (C=O) groups is 3. The summed E-state index contributed by atoms with van der Waals surface area (Å²) in [6.45, 7) is 0.409. The molecule has 2 fully saturated rings. The lowest BCUT2D eigenvalue weighted by atomic mass is 9.88. The molecule has 0 bridgehead atoms. The molecule has 16 nitrogen and oxygen atoms in total. The summed E-state index contributed by atoms with van der Waals surface area (Å²) in [6, 6.07) is -2.80. The molecule has 2 heterocycles. The molecule has 0 aromatic carbocycles. The Kier molecular flexibility index (Phi) is 9.88. The van der Waals surface area contributed by atoms with E-state index in [1.54, 1.807) is 0 Å². The third-order valence-corrected chi connectivity index (χ3v) is 5.76. The van der Waals surface area contributed by atoms with Gasteiger partial charge in [0, 0.05) is 20.3 Å². The first-order valence-corrected chi connectivity index (χ1v) is 10.7. The highest BCUT2D eigenvalue weighted by atomic mass is 16.7. The highest BCUT2D eigenvalue weighted by molar-refractivity contribution is 5.76. The lowest BCUT2D eigenvalue weighted by molar-refractivity contribution is -0.328. The van der Waals surface area contributed by atoms with Gasteiger partial charge in [0.25, 0.3) is 5.79 Å². The molecule has 2 saturated heterocycles. The molecule has 2 amide bonds. The molecule has 0 aliphatic carbocycles. The highest BCUT2D eigenvalue weighted by Crippen LogP contribution is 2.34. The molecule has 0 spiro atoms. The fourth-order valence-corrected chi connectivity index (χ4v) is 3.97. The summed E-state index contributed by atoms with van der Waals surface area (Å²) >= 11 is 0. The first kappa shape index (κ1) is 29.2. The van der Waals surface area contributed by atoms with Crippen molar-refractivity contribution in [2.24, 2.45) is 0 Å². The van der Waals surface area contributed by atoms with Crippen LogP contribution in [0.5, 0.6) is 0 Å². The number of aliphatic carboxylic acids is 1. The maximum absolute atomic E-state index is 12.1. The predicted octanol–water partition coefficient (Wildman–Crippen LogP) is -5.90. The number of rotatable bonds is 9. The first-order valence-electron chi connectivity index (χ1n) is 10.7. The smallest absolute Gasteiger partial charge is 0.364 e. The molecule has 0 aromatic heterocycles. The number of carboxylic acids is 1. The van der Waals surface area contributed by atoms with Gasteiger partial charge in [-0.3, -0.25) is 9.59 Å². The van der Waals surface area contributed by atoms with Crippen molar-refractivity contribution in [3.63, 3.8) is 0 Å². The second-order valence-electron chi connectivity index (χ2n) is 8.46. The first-order chi connectivity index (χ1) is 16.2. The van der Waals surface area contributed by atoms with Crippen LogP contribution >= 0.6 is 0 Å². The molecule has 0 aromatic rings. The molecule has 2 aliphatic rings. The van der Waals surface area contributed by atoms with Gasteiger partial charge in [0.15, 0.2) is 6.29 Å². The lowest BCUT2D eigenvalue weighted by Crippen LogP contribution is -2.68. The summed E-state index contributed by atoms with van der Waals surface area (Å²) in [6.07, 6.45) is -14.9. The SMILES string of the molecule is CC(=O)N[C@H]1C([C@H](O)[C@H](O)CO)O[C@@](OCC2O[C@H](O)[C@@H](NC(C)=O)C(O)[C@H]2O)(C(=O)O)C[C@H]1O. The van der Waals surface area contributed by atoms with Crippen molar-refractivity contribution in [3.05, 3.63) is 0 Å². The van der Waals surface area contributed by atoms with Crippen LogP contribution in [-0.4, -0.2) is 139 Å². The largest absolute Gasteiger partial charge is 0.477 e.